The van der Waals surface area contributed by atoms with E-state index in [2.05, 4.69) is 16.1 Å². The number of carboxylic acid groups (broad SMARTS) is 2. The number of carbonyl (C=O) groups is 2. The number of rotatable bonds is 6. The van der Waals surface area contributed by atoms with Gasteiger partial charge in [0.2, 0.25) is 0 Å². The number of aliphatic carboxylic acids is 2. The Balaban J connectivity index is 0.000000321. The van der Waals surface area contributed by atoms with Gasteiger partial charge in [-0.3, -0.25) is 0 Å². The molecule has 0 atom stereocenters. The molecule has 0 amide bonds. The minimum atomic E-state index is -1.26. The predicted molar refractivity (Wildman–Crippen MR) is 110 cm³/mol. The van der Waals surface area contributed by atoms with E-state index in [1.807, 2.05) is 25.2 Å². The summed E-state index contributed by atoms with van der Waals surface area (Å²) < 4.78 is 15.2. The van der Waals surface area contributed by atoms with Gasteiger partial charge in [-0.15, -0.1) is 0 Å². The maximum absolute atomic E-state index is 13.1. The first kappa shape index (κ1) is 22.1. The Morgan fingerprint density at radius 2 is 1.72 bits per heavy atom. The fourth-order valence-electron chi connectivity index (χ4n) is 2.69. The van der Waals surface area contributed by atoms with E-state index < -0.39 is 11.9 Å². The maximum Gasteiger partial charge on any atom is 0.328 e. The monoisotopic (exact) mass is 418 g/mol. The van der Waals surface area contributed by atoms with Gasteiger partial charge in [-0.2, -0.15) is 0 Å². The number of halogens is 2. The highest BCUT2D eigenvalue weighted by molar-refractivity contribution is 6.31. The van der Waals surface area contributed by atoms with Crippen molar-refractivity contribution in [3.05, 3.63) is 77.2 Å². The van der Waals surface area contributed by atoms with E-state index in [0.29, 0.717) is 12.2 Å². The highest BCUT2D eigenvalue weighted by Gasteiger charge is 2.10. The molecule has 0 bridgehead atoms. The zero-order chi connectivity index (χ0) is 21.4. The molecule has 1 aromatic heterocycles. The number of benzene rings is 2. The summed E-state index contributed by atoms with van der Waals surface area (Å²) in [6.45, 7) is 0.898. The van der Waals surface area contributed by atoms with Gasteiger partial charge in [-0.05, 0) is 68.0 Å². The molecular formula is C21H20ClFN2O4. The smallest absolute Gasteiger partial charge is 0.328 e. The van der Waals surface area contributed by atoms with Crippen LogP contribution in [0.4, 0.5) is 4.39 Å². The van der Waals surface area contributed by atoms with Crippen molar-refractivity contribution < 1.29 is 24.2 Å². The topological polar surface area (TPSA) is 91.6 Å². The van der Waals surface area contributed by atoms with Gasteiger partial charge in [0.15, 0.2) is 0 Å². The molecule has 0 aliphatic heterocycles. The van der Waals surface area contributed by atoms with Gasteiger partial charge in [0, 0.05) is 34.4 Å². The van der Waals surface area contributed by atoms with Crippen molar-refractivity contribution in [2.75, 3.05) is 13.6 Å². The van der Waals surface area contributed by atoms with Crippen molar-refractivity contribution in [2.45, 2.75) is 6.42 Å². The largest absolute Gasteiger partial charge is 0.478 e. The number of aromatic nitrogens is 1. The van der Waals surface area contributed by atoms with Gasteiger partial charge in [0.1, 0.15) is 5.82 Å². The normalized spacial score (nSPS) is 10.7. The molecule has 0 radical (unpaired) electrons. The molecular weight excluding hydrogens is 399 g/mol. The Bertz CT molecular complexity index is 1010. The second-order valence-electron chi connectivity index (χ2n) is 6.03. The predicted octanol–water partition coefficient (Wildman–Crippen LogP) is 3.90. The van der Waals surface area contributed by atoms with E-state index in [-0.39, 0.29) is 5.82 Å². The number of likely N-dealkylation sites (N-methyl/N-ethyl adjacent to an activating group) is 1. The van der Waals surface area contributed by atoms with Gasteiger partial charge in [0.25, 0.3) is 0 Å². The average Bonchev–Trinajstić information content (AvgIpc) is 3.03. The van der Waals surface area contributed by atoms with Gasteiger partial charge in [-0.25, -0.2) is 14.0 Å². The van der Waals surface area contributed by atoms with Crippen molar-refractivity contribution in [3.8, 4) is 5.69 Å². The SMILES string of the molecule is CNCCc1cn(-c2ccc(F)cc2)c2ccc(Cl)cc12.O=C(O)C=CC(=O)O. The molecule has 0 spiro atoms. The molecule has 3 rings (SSSR count). The molecule has 0 aliphatic carbocycles. The lowest BCUT2D eigenvalue weighted by Gasteiger charge is -2.05. The lowest BCUT2D eigenvalue weighted by Crippen LogP contribution is -2.09. The van der Waals surface area contributed by atoms with E-state index in [4.69, 9.17) is 21.8 Å². The van der Waals surface area contributed by atoms with Crippen molar-refractivity contribution in [1.82, 2.24) is 9.88 Å². The van der Waals surface area contributed by atoms with E-state index in [0.717, 1.165) is 34.6 Å². The van der Waals surface area contributed by atoms with Crippen LogP contribution in [0.1, 0.15) is 5.56 Å². The van der Waals surface area contributed by atoms with Crippen molar-refractivity contribution >= 4 is 34.4 Å². The molecule has 8 heteroatoms. The number of nitrogens with zero attached hydrogens (tertiary/aromatic N) is 1. The molecule has 0 unspecified atom stereocenters. The van der Waals surface area contributed by atoms with E-state index >= 15 is 0 Å². The molecule has 1 heterocycles. The Morgan fingerprint density at radius 1 is 1.10 bits per heavy atom. The average molecular weight is 419 g/mol. The van der Waals surface area contributed by atoms with Crippen molar-refractivity contribution in [2.24, 2.45) is 0 Å². The van der Waals surface area contributed by atoms with Crippen LogP contribution in [0.2, 0.25) is 5.02 Å². The van der Waals surface area contributed by atoms with Crippen LogP contribution in [-0.2, 0) is 16.0 Å². The van der Waals surface area contributed by atoms with Gasteiger partial charge < -0.3 is 20.1 Å². The van der Waals surface area contributed by atoms with Crippen molar-refractivity contribution in [3.63, 3.8) is 0 Å². The van der Waals surface area contributed by atoms with Gasteiger partial charge in [0.05, 0.1) is 5.52 Å². The summed E-state index contributed by atoms with van der Waals surface area (Å²) in [5, 5.41) is 20.7. The Kier molecular flexibility index (Phi) is 7.94. The van der Waals surface area contributed by atoms with Crippen LogP contribution in [0.5, 0.6) is 0 Å². The van der Waals surface area contributed by atoms with Crippen LogP contribution in [0.3, 0.4) is 0 Å². The van der Waals surface area contributed by atoms with E-state index in [9.17, 15) is 14.0 Å². The molecule has 0 fully saturated rings. The van der Waals surface area contributed by atoms with Crippen LogP contribution >= 0.6 is 11.6 Å². The molecule has 29 heavy (non-hydrogen) atoms. The number of nitrogens with one attached hydrogen (secondary N) is 1. The second kappa shape index (κ2) is 10.4. The summed E-state index contributed by atoms with van der Waals surface area (Å²) >= 11 is 6.13. The Labute approximate surface area is 171 Å². The maximum atomic E-state index is 13.1. The van der Waals surface area contributed by atoms with E-state index in [1.165, 1.54) is 17.7 Å². The zero-order valence-electron chi connectivity index (χ0n) is 15.6. The van der Waals surface area contributed by atoms with Crippen LogP contribution in [0, 0.1) is 5.82 Å². The summed E-state index contributed by atoms with van der Waals surface area (Å²) in [5.74, 6) is -2.74. The fraction of sp³-hybridized carbons (Fsp3) is 0.143. The Hall–Kier alpha value is -3.16. The lowest BCUT2D eigenvalue weighted by atomic mass is 10.1. The fourth-order valence-corrected chi connectivity index (χ4v) is 2.86. The van der Waals surface area contributed by atoms with Gasteiger partial charge >= 0.3 is 11.9 Å². The quantitative estimate of drug-likeness (QED) is 0.528. The summed E-state index contributed by atoms with van der Waals surface area (Å²) in [4.78, 5) is 19.1. The number of hydrogen-bond acceptors (Lipinski definition) is 3. The van der Waals surface area contributed by atoms with E-state index in [1.54, 1.807) is 12.1 Å². The summed E-state index contributed by atoms with van der Waals surface area (Å²) in [6, 6.07) is 12.4. The first-order valence-electron chi connectivity index (χ1n) is 8.65. The van der Waals surface area contributed by atoms with Crippen LogP contribution in [0.15, 0.2) is 60.8 Å². The van der Waals surface area contributed by atoms with Crippen LogP contribution in [-0.4, -0.2) is 40.3 Å². The number of fused-ring (bicyclic) bond motifs is 1. The van der Waals surface area contributed by atoms with Crippen LogP contribution in [0.25, 0.3) is 16.6 Å². The number of carboxylic acids is 2. The lowest BCUT2D eigenvalue weighted by molar-refractivity contribution is -0.134. The molecule has 3 aromatic rings. The third kappa shape index (κ3) is 6.44. The highest BCUT2D eigenvalue weighted by atomic mass is 35.5. The molecule has 0 saturated carbocycles. The molecule has 152 valence electrons. The Morgan fingerprint density at radius 3 is 2.28 bits per heavy atom. The molecule has 6 nitrogen and oxygen atoms in total. The molecule has 3 N–H and O–H groups in total. The minimum absolute atomic E-state index is 0.228. The highest BCUT2D eigenvalue weighted by Crippen LogP contribution is 2.28. The zero-order valence-corrected chi connectivity index (χ0v) is 16.4. The van der Waals surface area contributed by atoms with Gasteiger partial charge in [-0.1, -0.05) is 11.6 Å². The third-order valence-corrected chi connectivity index (χ3v) is 4.20. The first-order valence-corrected chi connectivity index (χ1v) is 9.03. The molecule has 2 aromatic carbocycles. The first-order chi connectivity index (χ1) is 13.8. The standard InChI is InChI=1S/C17H16ClFN2.C4H4O4/c1-20-9-8-12-11-21(15-5-3-14(19)4-6-15)17-7-2-13(18)10-16(12)17;5-3(6)1-2-4(7)8/h2-7,10-11,20H,8-9H2,1H3;1-2H,(H,5,6)(H,7,8). The number of hydrogen-bond donors (Lipinski definition) is 3. The molecule has 0 aliphatic rings. The second-order valence-corrected chi connectivity index (χ2v) is 6.46. The summed E-state index contributed by atoms with van der Waals surface area (Å²) in [7, 11) is 1.94. The minimum Gasteiger partial charge on any atom is -0.478 e. The van der Waals surface area contributed by atoms with Crippen LogP contribution < -0.4 is 5.32 Å². The van der Waals surface area contributed by atoms with Crippen molar-refractivity contribution in [1.29, 1.82) is 0 Å². The molecule has 0 saturated heterocycles. The third-order valence-electron chi connectivity index (χ3n) is 3.97. The summed E-state index contributed by atoms with van der Waals surface area (Å²) in [6.07, 6.45) is 4.14. The summed E-state index contributed by atoms with van der Waals surface area (Å²) in [5.41, 5.74) is 3.25.